The number of likely N-dealkylation sites (tertiary alicyclic amines) is 1. The number of aryl methyl sites for hydroxylation is 1. The third-order valence-corrected chi connectivity index (χ3v) is 4.80. The number of amides is 1. The Balaban J connectivity index is 1.64. The van der Waals surface area contributed by atoms with Crippen LogP contribution in [-0.2, 0) is 11.8 Å². The van der Waals surface area contributed by atoms with Gasteiger partial charge in [0, 0.05) is 26.0 Å². The number of halogens is 2. The first kappa shape index (κ1) is 18.2. The number of carbonyl (C=O) groups is 1. The van der Waals surface area contributed by atoms with E-state index in [1.807, 2.05) is 0 Å². The highest BCUT2D eigenvalue weighted by molar-refractivity contribution is 6.36. The van der Waals surface area contributed by atoms with Crippen LogP contribution >= 0.6 is 11.6 Å². The van der Waals surface area contributed by atoms with Crippen molar-refractivity contribution in [3.05, 3.63) is 36.3 Å². The standard InChI is InChI=1S/C17H18ClFN8O/c1-3-13(28)27-7-11(19)12(8-27)23-16-14-10(18)5-20-15(14)24-17(25-16)22-9-4-21-26(2)6-9/h3-6,11-12H,1,7-8H2,2H3,(H3,20,22,23,24,25). The minimum absolute atomic E-state index is 0.00158. The molecule has 0 aromatic carbocycles. The van der Waals surface area contributed by atoms with E-state index in [1.165, 1.54) is 11.0 Å². The number of H-pyrrole nitrogens is 1. The maximum atomic E-state index is 14.5. The van der Waals surface area contributed by atoms with Crippen molar-refractivity contribution in [2.45, 2.75) is 12.2 Å². The number of aromatic amines is 1. The number of fused-ring (bicyclic) bond motifs is 1. The van der Waals surface area contributed by atoms with Gasteiger partial charge in [-0.15, -0.1) is 0 Å². The number of hydrogen-bond acceptors (Lipinski definition) is 6. The summed E-state index contributed by atoms with van der Waals surface area (Å²) >= 11 is 6.26. The molecule has 3 aromatic rings. The van der Waals surface area contributed by atoms with Gasteiger partial charge in [0.1, 0.15) is 17.6 Å². The first-order valence-corrected chi connectivity index (χ1v) is 8.94. The van der Waals surface area contributed by atoms with Crippen molar-refractivity contribution in [3.63, 3.8) is 0 Å². The molecule has 1 aliphatic heterocycles. The number of rotatable bonds is 5. The minimum atomic E-state index is -1.25. The average Bonchev–Trinajstić information content (AvgIpc) is 3.35. The molecule has 1 saturated heterocycles. The van der Waals surface area contributed by atoms with Crippen LogP contribution in [0.5, 0.6) is 0 Å². The van der Waals surface area contributed by atoms with E-state index >= 15 is 0 Å². The predicted octanol–water partition coefficient (Wildman–Crippen LogP) is 2.24. The summed E-state index contributed by atoms with van der Waals surface area (Å²) in [7, 11) is 1.80. The van der Waals surface area contributed by atoms with Crippen molar-refractivity contribution < 1.29 is 9.18 Å². The Labute approximate surface area is 164 Å². The number of nitrogens with zero attached hydrogens (tertiary/aromatic N) is 5. The van der Waals surface area contributed by atoms with Crippen molar-refractivity contribution >= 4 is 46.0 Å². The summed E-state index contributed by atoms with van der Waals surface area (Å²) in [6.45, 7) is 3.64. The van der Waals surface area contributed by atoms with Crippen LogP contribution in [-0.4, -0.2) is 60.8 Å². The maximum absolute atomic E-state index is 14.5. The molecule has 1 fully saturated rings. The SMILES string of the molecule is C=CC(=O)N1CC(F)C(Nc2nc(Nc3cnn(C)c3)nc3[nH]cc(Cl)c23)C1. The van der Waals surface area contributed by atoms with E-state index in [0.29, 0.717) is 33.5 Å². The van der Waals surface area contributed by atoms with Gasteiger partial charge in [0.15, 0.2) is 0 Å². The molecule has 2 unspecified atom stereocenters. The summed E-state index contributed by atoms with van der Waals surface area (Å²) in [6, 6.07) is -0.626. The molecule has 1 amide bonds. The van der Waals surface area contributed by atoms with Gasteiger partial charge in [-0.3, -0.25) is 9.48 Å². The third kappa shape index (κ3) is 3.38. The van der Waals surface area contributed by atoms with Crippen LogP contribution in [0.25, 0.3) is 11.0 Å². The first-order chi connectivity index (χ1) is 13.4. The van der Waals surface area contributed by atoms with Gasteiger partial charge in [0.25, 0.3) is 0 Å². The predicted molar refractivity (Wildman–Crippen MR) is 104 cm³/mol. The smallest absolute Gasteiger partial charge is 0.246 e. The highest BCUT2D eigenvalue weighted by Crippen LogP contribution is 2.31. The molecule has 0 aliphatic carbocycles. The lowest BCUT2D eigenvalue weighted by Crippen LogP contribution is -2.31. The summed E-state index contributed by atoms with van der Waals surface area (Å²) in [5.41, 5.74) is 1.21. The summed E-state index contributed by atoms with van der Waals surface area (Å²) in [5, 5.41) is 11.2. The molecule has 4 heterocycles. The van der Waals surface area contributed by atoms with Crippen molar-refractivity contribution in [1.29, 1.82) is 0 Å². The Morgan fingerprint density at radius 1 is 1.46 bits per heavy atom. The average molecular weight is 405 g/mol. The summed E-state index contributed by atoms with van der Waals surface area (Å²) < 4.78 is 16.1. The molecule has 0 radical (unpaired) electrons. The van der Waals surface area contributed by atoms with Gasteiger partial charge in [0.05, 0.1) is 34.9 Å². The second-order valence-corrected chi connectivity index (χ2v) is 6.91. The molecule has 3 aromatic heterocycles. The van der Waals surface area contributed by atoms with Gasteiger partial charge in [-0.05, 0) is 6.08 Å². The summed E-state index contributed by atoms with van der Waals surface area (Å²) in [4.78, 5) is 25.0. The summed E-state index contributed by atoms with van der Waals surface area (Å²) in [5.74, 6) is 0.371. The largest absolute Gasteiger partial charge is 0.362 e. The zero-order valence-electron chi connectivity index (χ0n) is 15.0. The highest BCUT2D eigenvalue weighted by atomic mass is 35.5. The lowest BCUT2D eigenvalue weighted by Gasteiger charge is -2.17. The molecule has 0 bridgehead atoms. The Kier molecular flexibility index (Phi) is 4.63. The monoisotopic (exact) mass is 404 g/mol. The molecule has 1 aliphatic rings. The van der Waals surface area contributed by atoms with E-state index in [1.54, 1.807) is 30.3 Å². The highest BCUT2D eigenvalue weighted by Gasteiger charge is 2.35. The van der Waals surface area contributed by atoms with E-state index in [4.69, 9.17) is 11.6 Å². The van der Waals surface area contributed by atoms with Crippen LogP contribution in [0.2, 0.25) is 5.02 Å². The number of alkyl halides is 1. The fourth-order valence-corrected chi connectivity index (χ4v) is 3.39. The van der Waals surface area contributed by atoms with Crippen LogP contribution in [0.15, 0.2) is 31.2 Å². The Morgan fingerprint density at radius 2 is 2.29 bits per heavy atom. The van der Waals surface area contributed by atoms with Gasteiger partial charge in [-0.25, -0.2) is 4.39 Å². The first-order valence-electron chi connectivity index (χ1n) is 8.57. The third-order valence-electron chi connectivity index (χ3n) is 4.50. The zero-order valence-corrected chi connectivity index (χ0v) is 15.7. The maximum Gasteiger partial charge on any atom is 0.246 e. The van der Waals surface area contributed by atoms with Crippen LogP contribution < -0.4 is 10.6 Å². The fourth-order valence-electron chi connectivity index (χ4n) is 3.16. The van der Waals surface area contributed by atoms with Gasteiger partial charge in [0.2, 0.25) is 11.9 Å². The van der Waals surface area contributed by atoms with E-state index < -0.39 is 12.2 Å². The number of aromatic nitrogens is 5. The van der Waals surface area contributed by atoms with Gasteiger partial charge < -0.3 is 20.5 Å². The van der Waals surface area contributed by atoms with Crippen molar-refractivity contribution in [1.82, 2.24) is 29.6 Å². The lowest BCUT2D eigenvalue weighted by atomic mass is 10.2. The van der Waals surface area contributed by atoms with E-state index in [9.17, 15) is 9.18 Å². The molecule has 4 rings (SSSR count). The van der Waals surface area contributed by atoms with Crippen LogP contribution in [0.4, 0.5) is 21.8 Å². The molecular weight excluding hydrogens is 387 g/mol. The number of nitrogens with one attached hydrogen (secondary N) is 3. The summed E-state index contributed by atoms with van der Waals surface area (Å²) in [6.07, 6.45) is 4.93. The second kappa shape index (κ2) is 7.12. The number of carbonyl (C=O) groups excluding carboxylic acids is 1. The molecule has 2 atom stereocenters. The van der Waals surface area contributed by atoms with Gasteiger partial charge in [-0.1, -0.05) is 18.2 Å². The molecular formula is C17H18ClFN8O. The van der Waals surface area contributed by atoms with E-state index in [0.717, 1.165) is 0 Å². The molecule has 0 saturated carbocycles. The Bertz CT molecular complexity index is 1050. The van der Waals surface area contributed by atoms with Gasteiger partial charge >= 0.3 is 0 Å². The van der Waals surface area contributed by atoms with Gasteiger partial charge in [-0.2, -0.15) is 15.1 Å². The van der Waals surface area contributed by atoms with Crippen LogP contribution in [0.1, 0.15) is 0 Å². The molecule has 3 N–H and O–H groups in total. The number of anilines is 3. The molecule has 146 valence electrons. The zero-order chi connectivity index (χ0) is 19.8. The van der Waals surface area contributed by atoms with Crippen molar-refractivity contribution in [2.75, 3.05) is 23.7 Å². The molecule has 0 spiro atoms. The normalized spacial score (nSPS) is 19.2. The van der Waals surface area contributed by atoms with E-state index in [-0.39, 0.29) is 19.0 Å². The van der Waals surface area contributed by atoms with E-state index in [2.05, 4.69) is 37.3 Å². The van der Waals surface area contributed by atoms with Crippen molar-refractivity contribution in [2.24, 2.45) is 7.05 Å². The molecule has 9 nitrogen and oxygen atoms in total. The van der Waals surface area contributed by atoms with Crippen molar-refractivity contribution in [3.8, 4) is 0 Å². The topological polar surface area (TPSA) is 104 Å². The minimum Gasteiger partial charge on any atom is -0.362 e. The van der Waals surface area contributed by atoms with Crippen LogP contribution in [0.3, 0.4) is 0 Å². The number of hydrogen-bond donors (Lipinski definition) is 3. The lowest BCUT2D eigenvalue weighted by molar-refractivity contribution is -0.125. The quantitative estimate of drug-likeness (QED) is 0.563. The van der Waals surface area contributed by atoms with Crippen LogP contribution in [0, 0.1) is 0 Å². The Hall–Kier alpha value is -3.14. The Morgan fingerprint density at radius 3 is 3.00 bits per heavy atom. The second-order valence-electron chi connectivity index (χ2n) is 6.50. The molecule has 11 heteroatoms. The molecule has 28 heavy (non-hydrogen) atoms. The fraction of sp³-hybridized carbons (Fsp3) is 0.294.